The van der Waals surface area contributed by atoms with E-state index in [2.05, 4.69) is 0 Å². The Balaban J connectivity index is 1.40. The summed E-state index contributed by atoms with van der Waals surface area (Å²) in [6.45, 7) is 3.17. The van der Waals surface area contributed by atoms with E-state index >= 15 is 0 Å². The van der Waals surface area contributed by atoms with Gasteiger partial charge in [-0.3, -0.25) is 14.6 Å². The number of nitrogens with zero attached hydrogens (tertiary/aromatic N) is 2. The number of hydrogen-bond donors (Lipinski definition) is 1. The standard InChI is InChI=1S/C25H30N2O6/c1-14-5-10-19(32-24(31)27(2)11-3-4-20(29)30)22-21(14)25-12-17(26-13-15-6-7-15)16(25)8-9-18(28)23(25)33-22/h5,10,15-16,23H,3-4,6-9,11-13H2,1-2H3,(H,29,30)/t16?,23-,25?/m0/s1. The fraction of sp³-hybridized carbons (Fsp3) is 0.600. The predicted molar refractivity (Wildman–Crippen MR) is 120 cm³/mol. The molecule has 3 fully saturated rings. The van der Waals surface area contributed by atoms with Crippen LogP contribution in [0, 0.1) is 18.8 Å². The van der Waals surface area contributed by atoms with Crippen molar-refractivity contribution in [2.24, 2.45) is 16.8 Å². The highest BCUT2D eigenvalue weighted by Gasteiger charge is 2.67. The zero-order chi connectivity index (χ0) is 23.3. The van der Waals surface area contributed by atoms with Crippen LogP contribution in [0.1, 0.15) is 56.1 Å². The number of ether oxygens (including phenoxy) is 2. The maximum Gasteiger partial charge on any atom is 0.415 e. The number of Topliss-reactive ketones (excluding diaryl/α,β-unsaturated/α-hetero) is 1. The first-order valence-electron chi connectivity index (χ1n) is 11.8. The van der Waals surface area contributed by atoms with Gasteiger partial charge in [0.2, 0.25) is 0 Å². The third kappa shape index (κ3) is 3.69. The van der Waals surface area contributed by atoms with Gasteiger partial charge in [0.1, 0.15) is 0 Å². The molecule has 3 atom stereocenters. The summed E-state index contributed by atoms with van der Waals surface area (Å²) in [7, 11) is 1.58. The number of carboxylic acids is 1. The highest BCUT2D eigenvalue weighted by atomic mass is 16.6. The van der Waals surface area contributed by atoms with E-state index in [1.807, 2.05) is 13.0 Å². The van der Waals surface area contributed by atoms with Crippen LogP contribution in [0.4, 0.5) is 4.79 Å². The second-order valence-electron chi connectivity index (χ2n) is 9.92. The van der Waals surface area contributed by atoms with Gasteiger partial charge in [-0.2, -0.15) is 0 Å². The lowest BCUT2D eigenvalue weighted by Gasteiger charge is -2.53. The van der Waals surface area contributed by atoms with E-state index < -0.39 is 23.6 Å². The summed E-state index contributed by atoms with van der Waals surface area (Å²) in [6.07, 6.45) is 3.71. The largest absolute Gasteiger partial charge is 0.481 e. The number of ketones is 1. The molecule has 1 heterocycles. The normalized spacial score (nSPS) is 28.3. The molecule has 3 aliphatic carbocycles. The molecule has 8 heteroatoms. The van der Waals surface area contributed by atoms with Gasteiger partial charge in [0.05, 0.1) is 5.41 Å². The van der Waals surface area contributed by atoms with Crippen molar-refractivity contribution in [2.75, 3.05) is 20.1 Å². The number of fused-ring (bicyclic) bond motifs is 1. The molecule has 1 aromatic rings. The van der Waals surface area contributed by atoms with E-state index in [0.717, 1.165) is 36.4 Å². The lowest BCUT2D eigenvalue weighted by molar-refractivity contribution is -0.137. The van der Waals surface area contributed by atoms with Crippen LogP contribution in [0.15, 0.2) is 17.1 Å². The molecule has 176 valence electrons. The van der Waals surface area contributed by atoms with Gasteiger partial charge in [-0.25, -0.2) is 4.79 Å². The Morgan fingerprint density at radius 3 is 2.82 bits per heavy atom. The number of aryl methyl sites for hydroxylation is 1. The van der Waals surface area contributed by atoms with Crippen LogP contribution in [0.5, 0.6) is 11.5 Å². The summed E-state index contributed by atoms with van der Waals surface area (Å²) in [5.74, 6) is 0.929. The van der Waals surface area contributed by atoms with Crippen LogP contribution >= 0.6 is 0 Å². The van der Waals surface area contributed by atoms with Crippen LogP contribution in [-0.2, 0) is 15.0 Å². The summed E-state index contributed by atoms with van der Waals surface area (Å²) in [4.78, 5) is 42.5. The minimum absolute atomic E-state index is 0.0149. The van der Waals surface area contributed by atoms with Crippen molar-refractivity contribution in [1.29, 1.82) is 0 Å². The maximum absolute atomic E-state index is 12.9. The maximum atomic E-state index is 12.9. The number of carboxylic acid groups (broad SMARTS) is 1. The van der Waals surface area contributed by atoms with Crippen molar-refractivity contribution in [3.05, 3.63) is 23.3 Å². The first-order valence-corrected chi connectivity index (χ1v) is 11.8. The Hall–Kier alpha value is -2.90. The molecule has 0 radical (unpaired) electrons. The first kappa shape index (κ1) is 21.9. The second-order valence-corrected chi connectivity index (χ2v) is 9.92. The highest BCUT2D eigenvalue weighted by molar-refractivity contribution is 6.03. The van der Waals surface area contributed by atoms with Crippen LogP contribution in [-0.4, -0.2) is 59.8 Å². The molecule has 1 aromatic carbocycles. The third-order valence-corrected chi connectivity index (χ3v) is 7.61. The zero-order valence-electron chi connectivity index (χ0n) is 19.1. The van der Waals surface area contributed by atoms with E-state index in [-0.39, 0.29) is 24.7 Å². The van der Waals surface area contributed by atoms with Crippen molar-refractivity contribution in [2.45, 2.75) is 63.4 Å². The van der Waals surface area contributed by atoms with Crippen molar-refractivity contribution < 1.29 is 29.0 Å². The topological polar surface area (TPSA) is 106 Å². The second kappa shape index (κ2) is 8.15. The number of benzene rings is 1. The molecule has 0 bridgehead atoms. The van der Waals surface area contributed by atoms with Gasteiger partial charge >= 0.3 is 12.1 Å². The SMILES string of the molecule is Cc1ccc(OC(=O)N(C)CCCC(=O)O)c2c1C13CC(=NCC4CC4)C1CCC(=O)[C@@H]3O2. The lowest BCUT2D eigenvalue weighted by atomic mass is 9.48. The summed E-state index contributed by atoms with van der Waals surface area (Å²) in [5, 5.41) is 8.80. The van der Waals surface area contributed by atoms with E-state index in [0.29, 0.717) is 24.3 Å². The molecule has 1 aliphatic heterocycles. The monoisotopic (exact) mass is 454 g/mol. The molecule has 8 nitrogen and oxygen atoms in total. The Morgan fingerprint density at radius 2 is 2.09 bits per heavy atom. The summed E-state index contributed by atoms with van der Waals surface area (Å²) < 4.78 is 11.9. The summed E-state index contributed by atoms with van der Waals surface area (Å²) in [6, 6.07) is 3.63. The van der Waals surface area contributed by atoms with E-state index in [4.69, 9.17) is 19.6 Å². The van der Waals surface area contributed by atoms with Crippen molar-refractivity contribution >= 4 is 23.6 Å². The van der Waals surface area contributed by atoms with Gasteiger partial charge in [0, 0.05) is 56.6 Å². The van der Waals surface area contributed by atoms with Gasteiger partial charge in [0.15, 0.2) is 23.4 Å². The Kier molecular flexibility index (Phi) is 5.41. The predicted octanol–water partition coefficient (Wildman–Crippen LogP) is 3.52. The number of amides is 1. The lowest BCUT2D eigenvalue weighted by Crippen LogP contribution is -2.63. The molecule has 1 amide bonds. The average Bonchev–Trinajstić information content (AvgIpc) is 3.50. The Labute approximate surface area is 193 Å². The quantitative estimate of drug-likeness (QED) is 0.676. The smallest absolute Gasteiger partial charge is 0.415 e. The average molecular weight is 455 g/mol. The molecular weight excluding hydrogens is 424 g/mol. The van der Waals surface area contributed by atoms with Gasteiger partial charge in [0.25, 0.3) is 0 Å². The number of carbonyl (C=O) groups excluding carboxylic acids is 2. The summed E-state index contributed by atoms with van der Waals surface area (Å²) in [5.41, 5.74) is 2.81. The fourth-order valence-corrected chi connectivity index (χ4v) is 5.68. The highest BCUT2D eigenvalue weighted by Crippen LogP contribution is 2.63. The molecule has 0 saturated heterocycles. The zero-order valence-corrected chi connectivity index (χ0v) is 19.1. The minimum Gasteiger partial charge on any atom is -0.481 e. The fourth-order valence-electron chi connectivity index (χ4n) is 5.68. The van der Waals surface area contributed by atoms with E-state index in [9.17, 15) is 14.4 Å². The third-order valence-electron chi connectivity index (χ3n) is 7.61. The Bertz CT molecular complexity index is 1050. The van der Waals surface area contributed by atoms with Gasteiger partial charge in [-0.1, -0.05) is 6.07 Å². The molecule has 2 unspecified atom stereocenters. The first-order chi connectivity index (χ1) is 15.8. The van der Waals surface area contributed by atoms with Crippen molar-refractivity contribution in [1.82, 2.24) is 4.90 Å². The van der Waals surface area contributed by atoms with Crippen LogP contribution in [0.25, 0.3) is 0 Å². The number of rotatable bonds is 7. The van der Waals surface area contributed by atoms with Crippen molar-refractivity contribution in [3.63, 3.8) is 0 Å². The number of hydrogen-bond acceptors (Lipinski definition) is 6. The van der Waals surface area contributed by atoms with Gasteiger partial charge in [-0.15, -0.1) is 0 Å². The van der Waals surface area contributed by atoms with Gasteiger partial charge in [-0.05, 0) is 50.2 Å². The number of aliphatic imine (C=N–C) groups is 1. The van der Waals surface area contributed by atoms with E-state index in [1.165, 1.54) is 23.5 Å². The molecule has 4 aliphatic rings. The van der Waals surface area contributed by atoms with Crippen LogP contribution < -0.4 is 9.47 Å². The number of aliphatic carboxylic acids is 1. The molecular formula is C25H30N2O6. The molecule has 3 saturated carbocycles. The minimum atomic E-state index is -0.900. The molecule has 1 N–H and O–H groups in total. The molecule has 5 rings (SSSR count). The van der Waals surface area contributed by atoms with E-state index in [1.54, 1.807) is 13.1 Å². The van der Waals surface area contributed by atoms with Gasteiger partial charge < -0.3 is 19.5 Å². The summed E-state index contributed by atoms with van der Waals surface area (Å²) >= 11 is 0. The molecule has 1 spiro atoms. The van der Waals surface area contributed by atoms with Crippen LogP contribution in [0.3, 0.4) is 0 Å². The number of carbonyl (C=O) groups is 3. The van der Waals surface area contributed by atoms with Crippen LogP contribution in [0.2, 0.25) is 0 Å². The van der Waals surface area contributed by atoms with Crippen molar-refractivity contribution in [3.8, 4) is 11.5 Å². The molecule has 0 aromatic heterocycles. The Morgan fingerprint density at radius 1 is 1.30 bits per heavy atom. The molecule has 33 heavy (non-hydrogen) atoms.